The second-order valence-corrected chi connectivity index (χ2v) is 5.42. The van der Waals surface area contributed by atoms with Crippen molar-refractivity contribution in [3.63, 3.8) is 0 Å². The first-order chi connectivity index (χ1) is 7.10. The van der Waals surface area contributed by atoms with Crippen LogP contribution in [0, 0.1) is 5.92 Å². The van der Waals surface area contributed by atoms with Crippen LogP contribution in [-0.2, 0) is 9.59 Å². The number of thioether (sulfide) groups is 1. The summed E-state index contributed by atoms with van der Waals surface area (Å²) in [5.41, 5.74) is 0. The van der Waals surface area contributed by atoms with Gasteiger partial charge >= 0.3 is 0 Å². The molecule has 1 heterocycles. The van der Waals surface area contributed by atoms with Crippen molar-refractivity contribution >= 4 is 23.6 Å². The minimum atomic E-state index is -0.118. The lowest BCUT2D eigenvalue weighted by molar-refractivity contribution is -0.131. The minimum Gasteiger partial charge on any atom is -0.295 e. The molecule has 1 N–H and O–H groups in total. The van der Waals surface area contributed by atoms with E-state index in [1.165, 1.54) is 11.8 Å². The molecule has 3 atom stereocenters. The average molecular weight is 229 g/mol. The molecule has 0 aromatic rings. The molecule has 2 amide bonds. The average Bonchev–Trinajstić information content (AvgIpc) is 2.18. The lowest BCUT2D eigenvalue weighted by atomic mass is 10.0. The highest BCUT2D eigenvalue weighted by molar-refractivity contribution is 8.02. The number of amides is 2. The van der Waals surface area contributed by atoms with Gasteiger partial charge in [-0.15, -0.1) is 11.8 Å². The Labute approximate surface area is 95.4 Å². The van der Waals surface area contributed by atoms with Crippen LogP contribution < -0.4 is 5.32 Å². The van der Waals surface area contributed by atoms with Crippen LogP contribution >= 0.6 is 11.8 Å². The first-order valence-corrected chi connectivity index (χ1v) is 6.54. The molecule has 0 bridgehead atoms. The molecule has 1 aliphatic heterocycles. The third kappa shape index (κ3) is 2.97. The van der Waals surface area contributed by atoms with Gasteiger partial charge in [0.2, 0.25) is 11.8 Å². The van der Waals surface area contributed by atoms with Crippen molar-refractivity contribution in [1.82, 2.24) is 5.32 Å². The smallest absolute Gasteiger partial charge is 0.239 e. The predicted octanol–water partition coefficient (Wildman–Crippen LogP) is 1.96. The molecule has 1 fully saturated rings. The minimum absolute atomic E-state index is 0.0485. The summed E-state index contributed by atoms with van der Waals surface area (Å²) >= 11 is 1.53. The quantitative estimate of drug-likeness (QED) is 0.750. The first-order valence-electron chi connectivity index (χ1n) is 5.60. The summed E-state index contributed by atoms with van der Waals surface area (Å²) in [6.45, 7) is 6.18. The van der Waals surface area contributed by atoms with Gasteiger partial charge in [-0.05, 0) is 18.8 Å². The van der Waals surface area contributed by atoms with Gasteiger partial charge < -0.3 is 0 Å². The molecule has 0 aromatic heterocycles. The zero-order valence-corrected chi connectivity index (χ0v) is 10.4. The van der Waals surface area contributed by atoms with E-state index in [9.17, 15) is 9.59 Å². The van der Waals surface area contributed by atoms with Gasteiger partial charge in [0.15, 0.2) is 0 Å². The van der Waals surface area contributed by atoms with Crippen LogP contribution in [0.2, 0.25) is 0 Å². The van der Waals surface area contributed by atoms with Gasteiger partial charge in [0.1, 0.15) is 0 Å². The van der Waals surface area contributed by atoms with Gasteiger partial charge in [-0.25, -0.2) is 0 Å². The van der Waals surface area contributed by atoms with Gasteiger partial charge in [0.05, 0.1) is 10.5 Å². The van der Waals surface area contributed by atoms with E-state index in [0.717, 1.165) is 19.3 Å². The highest BCUT2D eigenvalue weighted by atomic mass is 32.2. The van der Waals surface area contributed by atoms with Crippen LogP contribution in [0.4, 0.5) is 0 Å². The number of carbonyl (C=O) groups is 2. The van der Waals surface area contributed by atoms with E-state index in [1.807, 2.05) is 6.92 Å². The van der Waals surface area contributed by atoms with Crippen molar-refractivity contribution in [1.29, 1.82) is 0 Å². The summed E-state index contributed by atoms with van der Waals surface area (Å²) in [5, 5.41) is 2.37. The molecule has 15 heavy (non-hydrogen) atoms. The number of hydrogen-bond acceptors (Lipinski definition) is 3. The Morgan fingerprint density at radius 1 is 1.33 bits per heavy atom. The van der Waals surface area contributed by atoms with Crippen molar-refractivity contribution in [2.45, 2.75) is 50.5 Å². The van der Waals surface area contributed by atoms with Crippen LogP contribution in [0.25, 0.3) is 0 Å². The zero-order valence-electron chi connectivity index (χ0n) is 9.58. The Balaban J connectivity index is 2.64. The standard InChI is InChI=1S/C11H19NO2S/c1-4-6-7(3)9-11(14)12-10(13)8(5-2)15-9/h7-9H,4-6H2,1-3H3,(H,12,13,14). The predicted molar refractivity (Wildman–Crippen MR) is 62.7 cm³/mol. The van der Waals surface area contributed by atoms with E-state index >= 15 is 0 Å². The SMILES string of the molecule is CCCC(C)C1SC(CC)C(=O)NC1=O. The molecule has 4 heteroatoms. The fraction of sp³-hybridized carbons (Fsp3) is 0.818. The summed E-state index contributed by atoms with van der Waals surface area (Å²) in [4.78, 5) is 23.0. The molecule has 1 rings (SSSR count). The van der Waals surface area contributed by atoms with E-state index in [1.54, 1.807) is 0 Å². The van der Waals surface area contributed by atoms with Crippen molar-refractivity contribution in [2.75, 3.05) is 0 Å². The van der Waals surface area contributed by atoms with Crippen LogP contribution in [0.1, 0.15) is 40.0 Å². The van der Waals surface area contributed by atoms with E-state index in [0.29, 0.717) is 5.92 Å². The topological polar surface area (TPSA) is 46.2 Å². The fourth-order valence-corrected chi connectivity index (χ4v) is 3.17. The number of imide groups is 1. The molecule has 0 aromatic carbocycles. The number of carbonyl (C=O) groups excluding carboxylic acids is 2. The van der Waals surface area contributed by atoms with E-state index < -0.39 is 0 Å². The Morgan fingerprint density at radius 2 is 2.00 bits per heavy atom. The highest BCUT2D eigenvalue weighted by Gasteiger charge is 2.36. The fourth-order valence-electron chi connectivity index (χ4n) is 1.85. The molecule has 1 saturated heterocycles. The normalized spacial score (nSPS) is 28.7. The Morgan fingerprint density at radius 3 is 2.53 bits per heavy atom. The van der Waals surface area contributed by atoms with E-state index in [4.69, 9.17) is 0 Å². The van der Waals surface area contributed by atoms with Crippen molar-refractivity contribution < 1.29 is 9.59 Å². The largest absolute Gasteiger partial charge is 0.295 e. The molecule has 1 aliphatic rings. The zero-order chi connectivity index (χ0) is 11.4. The summed E-state index contributed by atoms with van der Waals surface area (Å²) in [5.74, 6) is 0.130. The van der Waals surface area contributed by atoms with Gasteiger partial charge in [0.25, 0.3) is 0 Å². The molecule has 3 nitrogen and oxygen atoms in total. The summed E-state index contributed by atoms with van der Waals surface area (Å²) in [7, 11) is 0. The molecule has 3 unspecified atom stereocenters. The molecule has 0 radical (unpaired) electrons. The third-order valence-electron chi connectivity index (χ3n) is 2.74. The van der Waals surface area contributed by atoms with Crippen LogP contribution in [-0.4, -0.2) is 22.3 Å². The summed E-state index contributed by atoms with van der Waals surface area (Å²) < 4.78 is 0. The maximum Gasteiger partial charge on any atom is 0.239 e. The van der Waals surface area contributed by atoms with Crippen molar-refractivity contribution in [3.05, 3.63) is 0 Å². The second-order valence-electron chi connectivity index (χ2n) is 4.07. The Hall–Kier alpha value is -0.510. The van der Waals surface area contributed by atoms with Crippen LogP contribution in [0.15, 0.2) is 0 Å². The number of hydrogen-bond donors (Lipinski definition) is 1. The maximum absolute atomic E-state index is 11.6. The molecule has 0 saturated carbocycles. The second kappa shape index (κ2) is 5.54. The van der Waals surface area contributed by atoms with Crippen LogP contribution in [0.3, 0.4) is 0 Å². The van der Waals surface area contributed by atoms with E-state index in [-0.39, 0.29) is 22.3 Å². The molecular formula is C11H19NO2S. The molecule has 0 spiro atoms. The maximum atomic E-state index is 11.6. The highest BCUT2D eigenvalue weighted by Crippen LogP contribution is 2.31. The van der Waals surface area contributed by atoms with Gasteiger partial charge in [-0.3, -0.25) is 14.9 Å². The summed E-state index contributed by atoms with van der Waals surface area (Å²) in [6.07, 6.45) is 2.91. The number of nitrogens with one attached hydrogen (secondary N) is 1. The number of rotatable bonds is 4. The van der Waals surface area contributed by atoms with Gasteiger partial charge in [-0.1, -0.05) is 27.2 Å². The molecular weight excluding hydrogens is 210 g/mol. The third-order valence-corrected chi connectivity index (χ3v) is 4.59. The van der Waals surface area contributed by atoms with Crippen LogP contribution in [0.5, 0.6) is 0 Å². The molecule has 0 aliphatic carbocycles. The Bertz CT molecular complexity index is 255. The monoisotopic (exact) mass is 229 g/mol. The van der Waals surface area contributed by atoms with E-state index in [2.05, 4.69) is 19.2 Å². The van der Waals surface area contributed by atoms with Crippen molar-refractivity contribution in [3.8, 4) is 0 Å². The first kappa shape index (κ1) is 12.6. The summed E-state index contributed by atoms with van der Waals surface area (Å²) in [6, 6.07) is 0. The lowest BCUT2D eigenvalue weighted by Gasteiger charge is -2.30. The van der Waals surface area contributed by atoms with Gasteiger partial charge in [-0.2, -0.15) is 0 Å². The van der Waals surface area contributed by atoms with Gasteiger partial charge in [0, 0.05) is 0 Å². The Kier molecular flexibility index (Phi) is 4.64. The molecule has 86 valence electrons. The van der Waals surface area contributed by atoms with Crippen molar-refractivity contribution in [2.24, 2.45) is 5.92 Å². The lowest BCUT2D eigenvalue weighted by Crippen LogP contribution is -2.50.